The van der Waals surface area contributed by atoms with Gasteiger partial charge in [-0.25, -0.2) is 13.4 Å². The Morgan fingerprint density at radius 2 is 1.82 bits per heavy atom. The second-order valence-corrected chi connectivity index (χ2v) is 13.0. The van der Waals surface area contributed by atoms with Gasteiger partial charge in [0, 0.05) is 73.4 Å². The maximum absolute atomic E-state index is 13.3. The summed E-state index contributed by atoms with van der Waals surface area (Å²) in [7, 11) is -3.68. The minimum absolute atomic E-state index is 0. The first-order valence-corrected chi connectivity index (χ1v) is 15.1. The van der Waals surface area contributed by atoms with Crippen LogP contribution in [0.1, 0.15) is 26.1 Å². The van der Waals surface area contributed by atoms with Crippen molar-refractivity contribution in [2.75, 3.05) is 26.2 Å². The predicted molar refractivity (Wildman–Crippen MR) is 155 cm³/mol. The van der Waals surface area contributed by atoms with E-state index in [1.165, 1.54) is 15.6 Å². The van der Waals surface area contributed by atoms with Gasteiger partial charge in [-0.2, -0.15) is 4.31 Å². The van der Waals surface area contributed by atoms with Crippen LogP contribution in [-0.4, -0.2) is 65.7 Å². The molecule has 4 heterocycles. The number of sulfonamides is 1. The van der Waals surface area contributed by atoms with Crippen LogP contribution in [0.5, 0.6) is 0 Å². The SMILES string of the molecule is Cl.O=C(c1nc2c(s1)CNC(Cc1ccccn1)C2)N1CCN(S(=O)(=O)c2ccc3cc(Cl)ccc3c2)CC1. The largest absolute Gasteiger partial charge is 0.334 e. The molecule has 1 fully saturated rings. The number of nitrogens with zero attached hydrogens (tertiary/aromatic N) is 4. The summed E-state index contributed by atoms with van der Waals surface area (Å²) >= 11 is 7.48. The van der Waals surface area contributed by atoms with Gasteiger partial charge in [0.25, 0.3) is 5.91 Å². The number of carbonyl (C=O) groups is 1. The molecule has 0 aliphatic carbocycles. The van der Waals surface area contributed by atoms with E-state index < -0.39 is 10.0 Å². The Kier molecular flexibility index (Phi) is 8.23. The second-order valence-electron chi connectivity index (χ2n) is 9.55. The fraction of sp³-hybridized carbons (Fsp3) is 0.296. The summed E-state index contributed by atoms with van der Waals surface area (Å²) in [6, 6.07) is 16.6. The van der Waals surface area contributed by atoms with E-state index in [4.69, 9.17) is 16.6 Å². The number of nitrogens with one attached hydrogen (secondary N) is 1. The van der Waals surface area contributed by atoms with E-state index in [9.17, 15) is 13.2 Å². The molecule has 0 radical (unpaired) electrons. The lowest BCUT2D eigenvalue weighted by atomic mass is 10.0. The van der Waals surface area contributed by atoms with Crippen LogP contribution in [0.15, 0.2) is 65.7 Å². The maximum atomic E-state index is 13.3. The van der Waals surface area contributed by atoms with E-state index in [1.54, 1.807) is 35.4 Å². The van der Waals surface area contributed by atoms with Crippen molar-refractivity contribution in [2.24, 2.45) is 0 Å². The van der Waals surface area contributed by atoms with E-state index in [-0.39, 0.29) is 42.3 Å². The third-order valence-electron chi connectivity index (χ3n) is 7.07. The molecule has 4 aromatic rings. The Balaban J connectivity index is 0.00000308. The molecule has 39 heavy (non-hydrogen) atoms. The monoisotopic (exact) mass is 603 g/mol. The van der Waals surface area contributed by atoms with Crippen molar-refractivity contribution < 1.29 is 13.2 Å². The Bertz CT molecular complexity index is 1610. The number of carbonyl (C=O) groups excluding carboxylic acids is 1. The molecule has 0 saturated carbocycles. The molecule has 2 aromatic heterocycles. The van der Waals surface area contributed by atoms with E-state index in [0.717, 1.165) is 39.9 Å². The summed E-state index contributed by atoms with van der Waals surface area (Å²) in [5.74, 6) is -0.134. The number of hydrogen-bond acceptors (Lipinski definition) is 7. The number of benzene rings is 2. The van der Waals surface area contributed by atoms with Gasteiger partial charge in [-0.05, 0) is 47.2 Å². The van der Waals surface area contributed by atoms with Gasteiger partial charge in [0.15, 0.2) is 5.01 Å². The van der Waals surface area contributed by atoms with Crippen molar-refractivity contribution in [1.29, 1.82) is 0 Å². The van der Waals surface area contributed by atoms with Gasteiger partial charge in [-0.3, -0.25) is 9.78 Å². The minimum Gasteiger partial charge on any atom is -0.334 e. The Morgan fingerprint density at radius 1 is 1.05 bits per heavy atom. The zero-order valence-corrected chi connectivity index (χ0v) is 24.1. The normalized spacial score (nSPS) is 18.0. The van der Waals surface area contributed by atoms with Crippen LogP contribution in [0.25, 0.3) is 10.8 Å². The molecule has 1 saturated heterocycles. The molecule has 2 aromatic carbocycles. The van der Waals surface area contributed by atoms with Crippen LogP contribution in [-0.2, 0) is 29.4 Å². The van der Waals surface area contributed by atoms with Crippen molar-refractivity contribution in [3.63, 3.8) is 0 Å². The number of piperazine rings is 1. The maximum Gasteiger partial charge on any atom is 0.282 e. The molecule has 8 nitrogen and oxygen atoms in total. The zero-order chi connectivity index (χ0) is 26.3. The number of hydrogen-bond donors (Lipinski definition) is 1. The highest BCUT2D eigenvalue weighted by Gasteiger charge is 2.32. The van der Waals surface area contributed by atoms with Crippen LogP contribution < -0.4 is 5.32 Å². The molecule has 1 N–H and O–H groups in total. The number of pyridine rings is 1. The lowest BCUT2D eigenvalue weighted by molar-refractivity contribution is 0.0697. The van der Waals surface area contributed by atoms with Crippen LogP contribution >= 0.6 is 35.3 Å². The second kappa shape index (κ2) is 11.5. The van der Waals surface area contributed by atoms with E-state index in [0.29, 0.717) is 29.7 Å². The van der Waals surface area contributed by atoms with Crippen LogP contribution in [0.4, 0.5) is 0 Å². The number of rotatable bonds is 5. The van der Waals surface area contributed by atoms with E-state index in [1.807, 2.05) is 30.3 Å². The van der Waals surface area contributed by atoms with Gasteiger partial charge in [-0.15, -0.1) is 23.7 Å². The summed E-state index contributed by atoms with van der Waals surface area (Å²) in [5, 5.41) is 6.31. The topological polar surface area (TPSA) is 95.5 Å². The first kappa shape index (κ1) is 27.9. The highest BCUT2D eigenvalue weighted by molar-refractivity contribution is 7.89. The van der Waals surface area contributed by atoms with Gasteiger partial charge in [0.05, 0.1) is 10.6 Å². The van der Waals surface area contributed by atoms with E-state index in [2.05, 4.69) is 10.3 Å². The van der Waals surface area contributed by atoms with Crippen molar-refractivity contribution in [1.82, 2.24) is 24.5 Å². The fourth-order valence-electron chi connectivity index (χ4n) is 5.00. The number of amides is 1. The molecular weight excluding hydrogens is 577 g/mol. The van der Waals surface area contributed by atoms with Crippen molar-refractivity contribution in [3.05, 3.63) is 87.1 Å². The number of halogens is 2. The quantitative estimate of drug-likeness (QED) is 0.368. The fourth-order valence-corrected chi connectivity index (χ4v) is 7.65. The molecule has 1 unspecified atom stereocenters. The van der Waals surface area contributed by atoms with Crippen molar-refractivity contribution in [3.8, 4) is 0 Å². The first-order valence-electron chi connectivity index (χ1n) is 12.5. The molecule has 204 valence electrons. The summed E-state index contributed by atoms with van der Waals surface area (Å²) < 4.78 is 28.1. The van der Waals surface area contributed by atoms with E-state index >= 15 is 0 Å². The standard InChI is InChI=1S/C27H26ClN5O3S2.ClH/c28-20-6-4-19-14-23(7-5-18(19)13-20)38(35,36)33-11-9-32(10-12-33)27(34)26-31-24-16-22(30-17-25(24)37-26)15-21-3-1-2-8-29-21;/h1-8,13-14,22,30H,9-12,15-17H2;1H. The molecule has 1 amide bonds. The Morgan fingerprint density at radius 3 is 2.59 bits per heavy atom. The predicted octanol–water partition coefficient (Wildman–Crippen LogP) is 4.17. The highest BCUT2D eigenvalue weighted by Crippen LogP contribution is 2.27. The van der Waals surface area contributed by atoms with Crippen molar-refractivity contribution >= 4 is 62.0 Å². The summed E-state index contributed by atoms with van der Waals surface area (Å²) in [4.78, 5) is 25.4. The number of thiazole rings is 1. The zero-order valence-electron chi connectivity index (χ0n) is 20.9. The Labute approximate surface area is 242 Å². The van der Waals surface area contributed by atoms with Gasteiger partial charge in [0.2, 0.25) is 10.0 Å². The van der Waals surface area contributed by atoms with Crippen LogP contribution in [0.2, 0.25) is 5.02 Å². The molecule has 2 aliphatic heterocycles. The smallest absolute Gasteiger partial charge is 0.282 e. The molecule has 0 spiro atoms. The number of fused-ring (bicyclic) bond motifs is 2. The Hall–Kier alpha value is -2.60. The number of aromatic nitrogens is 2. The average molecular weight is 605 g/mol. The molecular formula is C27H27Cl2N5O3S2. The lowest BCUT2D eigenvalue weighted by Crippen LogP contribution is -2.50. The third-order valence-corrected chi connectivity index (χ3v) is 10.3. The lowest BCUT2D eigenvalue weighted by Gasteiger charge is -2.33. The molecule has 0 bridgehead atoms. The van der Waals surface area contributed by atoms with Gasteiger partial charge in [-0.1, -0.05) is 29.8 Å². The van der Waals surface area contributed by atoms with Crippen LogP contribution in [0, 0.1) is 0 Å². The minimum atomic E-state index is -3.68. The molecule has 12 heteroatoms. The van der Waals surface area contributed by atoms with Gasteiger partial charge < -0.3 is 10.2 Å². The van der Waals surface area contributed by atoms with Crippen LogP contribution in [0.3, 0.4) is 0 Å². The average Bonchev–Trinajstić information content (AvgIpc) is 3.36. The van der Waals surface area contributed by atoms with Crippen molar-refractivity contribution in [2.45, 2.75) is 30.3 Å². The summed E-state index contributed by atoms with van der Waals surface area (Å²) in [6.45, 7) is 1.82. The summed E-state index contributed by atoms with van der Waals surface area (Å²) in [5.41, 5.74) is 2.00. The third kappa shape index (κ3) is 5.82. The molecule has 1 atom stereocenters. The van der Waals surface area contributed by atoms with Gasteiger partial charge >= 0.3 is 0 Å². The van der Waals surface area contributed by atoms with Gasteiger partial charge in [0.1, 0.15) is 0 Å². The summed E-state index contributed by atoms with van der Waals surface area (Å²) in [6.07, 6.45) is 3.36. The molecule has 6 rings (SSSR count). The molecule has 2 aliphatic rings. The first-order chi connectivity index (χ1) is 18.4. The highest BCUT2D eigenvalue weighted by atomic mass is 35.5.